The number of carboxylic acids is 1. The third kappa shape index (κ3) is 6.17. The van der Waals surface area contributed by atoms with E-state index >= 15 is 0 Å². The van der Waals surface area contributed by atoms with Gasteiger partial charge in [-0.25, -0.2) is 10.2 Å². The van der Waals surface area contributed by atoms with Gasteiger partial charge in [0.1, 0.15) is 5.75 Å². The fourth-order valence-electron chi connectivity index (χ4n) is 2.06. The molecular formula is C19H19ClN2O6. The van der Waals surface area contributed by atoms with Crippen LogP contribution in [0.4, 0.5) is 0 Å². The van der Waals surface area contributed by atoms with Crippen LogP contribution in [0.5, 0.6) is 17.2 Å². The van der Waals surface area contributed by atoms with E-state index in [1.54, 1.807) is 42.5 Å². The van der Waals surface area contributed by atoms with Crippen LogP contribution in [0, 0.1) is 0 Å². The molecule has 0 radical (unpaired) electrons. The van der Waals surface area contributed by atoms with Crippen molar-refractivity contribution in [2.45, 2.75) is 13.0 Å². The molecule has 0 heterocycles. The van der Waals surface area contributed by atoms with Crippen LogP contribution in [0.1, 0.15) is 12.5 Å². The number of rotatable bonds is 9. The molecule has 0 aromatic heterocycles. The van der Waals surface area contributed by atoms with Gasteiger partial charge in [-0.3, -0.25) is 4.79 Å². The first-order valence-electron chi connectivity index (χ1n) is 8.17. The topological polar surface area (TPSA) is 106 Å². The van der Waals surface area contributed by atoms with Gasteiger partial charge < -0.3 is 19.3 Å². The Balaban J connectivity index is 2.00. The van der Waals surface area contributed by atoms with Crippen LogP contribution in [-0.2, 0) is 9.59 Å². The Morgan fingerprint density at radius 2 is 2.04 bits per heavy atom. The summed E-state index contributed by atoms with van der Waals surface area (Å²) in [6, 6.07) is 11.6. The standard InChI is InChI=1S/C19H19ClN2O6/c1-12(19(24)25)28-18-13(5-3-8-16(18)26-2)10-21-22-17(23)11-27-15-7-4-6-14(20)9-15/h3-10,12H,11H2,1-2H3,(H,22,23)(H,24,25)/b21-10+/t12-/m1/s1. The summed E-state index contributed by atoms with van der Waals surface area (Å²) >= 11 is 5.84. The first kappa shape index (κ1) is 21.0. The lowest BCUT2D eigenvalue weighted by Gasteiger charge is -2.15. The second kappa shape index (κ2) is 10.2. The Bertz CT molecular complexity index is 871. The lowest BCUT2D eigenvalue weighted by Crippen LogP contribution is -2.25. The van der Waals surface area contributed by atoms with Gasteiger partial charge in [-0.05, 0) is 37.3 Å². The molecule has 0 aliphatic carbocycles. The van der Waals surface area contributed by atoms with E-state index < -0.39 is 18.0 Å². The lowest BCUT2D eigenvalue weighted by atomic mass is 10.2. The van der Waals surface area contributed by atoms with Gasteiger partial charge in [-0.2, -0.15) is 5.10 Å². The highest BCUT2D eigenvalue weighted by Gasteiger charge is 2.18. The van der Waals surface area contributed by atoms with Crippen molar-refractivity contribution in [1.29, 1.82) is 0 Å². The molecule has 2 aromatic rings. The van der Waals surface area contributed by atoms with Gasteiger partial charge in [0.05, 0.1) is 13.3 Å². The van der Waals surface area contributed by atoms with Gasteiger partial charge in [0.15, 0.2) is 24.2 Å². The molecule has 28 heavy (non-hydrogen) atoms. The summed E-state index contributed by atoms with van der Waals surface area (Å²) in [5.74, 6) is -0.612. The molecule has 0 unspecified atom stereocenters. The van der Waals surface area contributed by atoms with E-state index in [0.29, 0.717) is 22.1 Å². The summed E-state index contributed by atoms with van der Waals surface area (Å²) in [5.41, 5.74) is 2.75. The minimum atomic E-state index is -1.12. The first-order chi connectivity index (χ1) is 13.4. The van der Waals surface area contributed by atoms with Crippen molar-refractivity contribution in [1.82, 2.24) is 5.43 Å². The number of hydrogen-bond acceptors (Lipinski definition) is 6. The quantitative estimate of drug-likeness (QED) is 0.490. The average molecular weight is 407 g/mol. The van der Waals surface area contributed by atoms with Gasteiger partial charge in [-0.1, -0.05) is 23.7 Å². The van der Waals surface area contributed by atoms with E-state index in [4.69, 9.17) is 30.9 Å². The van der Waals surface area contributed by atoms with Crippen LogP contribution in [0.15, 0.2) is 47.6 Å². The molecule has 1 amide bonds. The molecule has 148 valence electrons. The van der Waals surface area contributed by atoms with E-state index in [-0.39, 0.29) is 12.4 Å². The predicted octanol–water partition coefficient (Wildman–Crippen LogP) is 2.73. The molecule has 0 aliphatic heterocycles. The van der Waals surface area contributed by atoms with E-state index in [1.807, 2.05) is 0 Å². The summed E-state index contributed by atoms with van der Waals surface area (Å²) in [6.45, 7) is 1.14. The summed E-state index contributed by atoms with van der Waals surface area (Å²) in [7, 11) is 1.43. The summed E-state index contributed by atoms with van der Waals surface area (Å²) in [5, 5.41) is 13.4. The number of hydrogen-bond donors (Lipinski definition) is 2. The first-order valence-corrected chi connectivity index (χ1v) is 8.55. The molecule has 2 aromatic carbocycles. The zero-order valence-corrected chi connectivity index (χ0v) is 16.0. The fraction of sp³-hybridized carbons (Fsp3) is 0.211. The normalized spacial score (nSPS) is 11.7. The summed E-state index contributed by atoms with van der Waals surface area (Å²) < 4.78 is 15.9. The van der Waals surface area contributed by atoms with Gasteiger partial charge in [0.25, 0.3) is 5.91 Å². The molecule has 0 spiro atoms. The Kier molecular flexibility index (Phi) is 7.65. The number of ether oxygens (including phenoxy) is 3. The Morgan fingerprint density at radius 1 is 1.29 bits per heavy atom. The third-order valence-electron chi connectivity index (χ3n) is 3.43. The zero-order valence-electron chi connectivity index (χ0n) is 15.2. The zero-order chi connectivity index (χ0) is 20.5. The minimum Gasteiger partial charge on any atom is -0.493 e. The predicted molar refractivity (Wildman–Crippen MR) is 103 cm³/mol. The number of amides is 1. The van der Waals surface area contributed by atoms with Gasteiger partial charge in [0.2, 0.25) is 0 Å². The Hall–Kier alpha value is -3.26. The van der Waals surface area contributed by atoms with Crippen molar-refractivity contribution in [2.24, 2.45) is 5.10 Å². The second-order valence-electron chi connectivity index (χ2n) is 5.52. The Labute approximate surface area is 166 Å². The number of carbonyl (C=O) groups excluding carboxylic acids is 1. The number of carboxylic acid groups (broad SMARTS) is 1. The number of halogens is 1. The van der Waals surface area contributed by atoms with Crippen molar-refractivity contribution in [3.8, 4) is 17.2 Å². The Morgan fingerprint density at radius 3 is 2.71 bits per heavy atom. The molecule has 0 fully saturated rings. The van der Waals surface area contributed by atoms with Crippen LogP contribution in [0.3, 0.4) is 0 Å². The van der Waals surface area contributed by atoms with Gasteiger partial charge in [0, 0.05) is 10.6 Å². The SMILES string of the molecule is COc1cccc(/C=N/NC(=O)COc2cccc(Cl)c2)c1O[C@H](C)C(=O)O. The number of carbonyl (C=O) groups is 2. The molecule has 2 rings (SSSR count). The highest BCUT2D eigenvalue weighted by atomic mass is 35.5. The van der Waals surface area contributed by atoms with E-state index in [2.05, 4.69) is 10.5 Å². The number of para-hydroxylation sites is 1. The molecule has 0 bridgehead atoms. The number of aliphatic carboxylic acids is 1. The highest BCUT2D eigenvalue weighted by molar-refractivity contribution is 6.30. The number of hydrazone groups is 1. The van der Waals surface area contributed by atoms with Crippen molar-refractivity contribution < 1.29 is 28.9 Å². The lowest BCUT2D eigenvalue weighted by molar-refractivity contribution is -0.144. The molecule has 0 aliphatic rings. The van der Waals surface area contributed by atoms with Crippen molar-refractivity contribution in [3.05, 3.63) is 53.1 Å². The molecule has 2 N–H and O–H groups in total. The maximum atomic E-state index is 11.9. The maximum Gasteiger partial charge on any atom is 0.344 e. The number of benzene rings is 2. The fourth-order valence-corrected chi connectivity index (χ4v) is 2.24. The van der Waals surface area contributed by atoms with Crippen LogP contribution in [-0.4, -0.2) is 43.0 Å². The molecule has 0 saturated carbocycles. The average Bonchev–Trinajstić information content (AvgIpc) is 2.67. The molecule has 9 heteroatoms. The third-order valence-corrected chi connectivity index (χ3v) is 3.67. The monoisotopic (exact) mass is 406 g/mol. The van der Waals surface area contributed by atoms with E-state index in [9.17, 15) is 9.59 Å². The van der Waals surface area contributed by atoms with Crippen LogP contribution < -0.4 is 19.6 Å². The van der Waals surface area contributed by atoms with Crippen molar-refractivity contribution in [3.63, 3.8) is 0 Å². The molecule has 0 saturated heterocycles. The van der Waals surface area contributed by atoms with Crippen LogP contribution >= 0.6 is 11.6 Å². The van der Waals surface area contributed by atoms with Gasteiger partial charge in [-0.15, -0.1) is 0 Å². The molecule has 8 nitrogen and oxygen atoms in total. The van der Waals surface area contributed by atoms with E-state index in [1.165, 1.54) is 20.2 Å². The van der Waals surface area contributed by atoms with Crippen LogP contribution in [0.25, 0.3) is 0 Å². The van der Waals surface area contributed by atoms with Crippen LogP contribution in [0.2, 0.25) is 5.02 Å². The van der Waals surface area contributed by atoms with Crippen molar-refractivity contribution in [2.75, 3.05) is 13.7 Å². The second-order valence-corrected chi connectivity index (χ2v) is 5.95. The summed E-state index contributed by atoms with van der Waals surface area (Å²) in [4.78, 5) is 22.9. The largest absolute Gasteiger partial charge is 0.493 e. The summed E-state index contributed by atoms with van der Waals surface area (Å²) in [6.07, 6.45) is 0.230. The van der Waals surface area contributed by atoms with Gasteiger partial charge >= 0.3 is 5.97 Å². The highest BCUT2D eigenvalue weighted by Crippen LogP contribution is 2.31. The molecular weight excluding hydrogens is 388 g/mol. The van der Waals surface area contributed by atoms with Crippen molar-refractivity contribution >= 4 is 29.7 Å². The number of nitrogens with one attached hydrogen (secondary N) is 1. The number of nitrogens with zero attached hydrogens (tertiary/aromatic N) is 1. The number of methoxy groups -OCH3 is 1. The smallest absolute Gasteiger partial charge is 0.344 e. The maximum absolute atomic E-state index is 11.9. The molecule has 1 atom stereocenters. The van der Waals surface area contributed by atoms with E-state index in [0.717, 1.165) is 0 Å². The minimum absolute atomic E-state index is 0.202.